The van der Waals surface area contributed by atoms with Gasteiger partial charge in [-0.25, -0.2) is 0 Å². The second-order valence-electron chi connectivity index (χ2n) is 4.74. The van der Waals surface area contributed by atoms with Crippen LogP contribution in [-0.4, -0.2) is 33.2 Å². The highest BCUT2D eigenvalue weighted by molar-refractivity contribution is 5.93. The van der Waals surface area contributed by atoms with Crippen LogP contribution >= 0.6 is 0 Å². The summed E-state index contributed by atoms with van der Waals surface area (Å²) in [5.74, 6) is -0.373. The van der Waals surface area contributed by atoms with Crippen LogP contribution in [0.5, 0.6) is 0 Å². The van der Waals surface area contributed by atoms with E-state index in [0.29, 0.717) is 13.0 Å². The van der Waals surface area contributed by atoms with Crippen molar-refractivity contribution in [1.29, 1.82) is 0 Å². The highest BCUT2D eigenvalue weighted by atomic mass is 16.6. The van der Waals surface area contributed by atoms with Crippen molar-refractivity contribution in [3.8, 4) is 0 Å². The van der Waals surface area contributed by atoms with E-state index in [2.05, 4.69) is 5.32 Å². The van der Waals surface area contributed by atoms with Gasteiger partial charge < -0.3 is 15.0 Å². The van der Waals surface area contributed by atoms with Crippen molar-refractivity contribution in [2.24, 2.45) is 0 Å². The molecule has 0 saturated heterocycles. The summed E-state index contributed by atoms with van der Waals surface area (Å²) in [6, 6.07) is 1.21. The summed E-state index contributed by atoms with van der Waals surface area (Å²) >= 11 is 0. The van der Waals surface area contributed by atoms with Gasteiger partial charge in [0, 0.05) is 18.7 Å². The molecule has 106 valence electrons. The number of hydrogen-bond acceptors (Lipinski definition) is 4. The molecule has 1 aromatic heterocycles. The van der Waals surface area contributed by atoms with E-state index in [4.69, 9.17) is 5.11 Å². The Morgan fingerprint density at radius 1 is 1.53 bits per heavy atom. The van der Waals surface area contributed by atoms with Crippen molar-refractivity contribution in [1.82, 2.24) is 9.88 Å². The molecule has 7 nitrogen and oxygen atoms in total. The molecule has 1 heterocycles. The van der Waals surface area contributed by atoms with Gasteiger partial charge in [-0.2, -0.15) is 0 Å². The Labute approximate surface area is 111 Å². The molecule has 1 unspecified atom stereocenters. The van der Waals surface area contributed by atoms with E-state index in [0.717, 1.165) is 0 Å². The van der Waals surface area contributed by atoms with Gasteiger partial charge in [0.25, 0.3) is 11.6 Å². The molecule has 0 aromatic carbocycles. The molecule has 0 bridgehead atoms. The summed E-state index contributed by atoms with van der Waals surface area (Å²) in [4.78, 5) is 22.2. The summed E-state index contributed by atoms with van der Waals surface area (Å²) in [5.41, 5.74) is 0.154. The average molecular weight is 269 g/mol. The van der Waals surface area contributed by atoms with Gasteiger partial charge in [0.2, 0.25) is 0 Å². The maximum absolute atomic E-state index is 12.0. The van der Waals surface area contributed by atoms with Crippen LogP contribution in [0.4, 0.5) is 5.69 Å². The molecule has 0 fully saturated rings. The molecule has 0 aliphatic carbocycles. The van der Waals surface area contributed by atoms with Gasteiger partial charge in [0.15, 0.2) is 0 Å². The van der Waals surface area contributed by atoms with Gasteiger partial charge in [0.1, 0.15) is 5.69 Å². The predicted molar refractivity (Wildman–Crippen MR) is 70.1 cm³/mol. The maximum Gasteiger partial charge on any atom is 0.287 e. The number of aromatic nitrogens is 1. The van der Waals surface area contributed by atoms with Crippen molar-refractivity contribution in [3.05, 3.63) is 28.1 Å². The predicted octanol–water partition coefficient (Wildman–Crippen LogP) is 1.48. The lowest BCUT2D eigenvalue weighted by Crippen LogP contribution is -2.28. The van der Waals surface area contributed by atoms with Crippen LogP contribution in [0.2, 0.25) is 0 Å². The van der Waals surface area contributed by atoms with Crippen LogP contribution < -0.4 is 5.32 Å². The highest BCUT2D eigenvalue weighted by Crippen LogP contribution is 2.20. The molecule has 0 saturated carbocycles. The maximum atomic E-state index is 12.0. The third-order valence-electron chi connectivity index (χ3n) is 2.68. The van der Waals surface area contributed by atoms with Crippen LogP contribution in [-0.2, 0) is 0 Å². The van der Waals surface area contributed by atoms with Gasteiger partial charge >= 0.3 is 0 Å². The Hall–Kier alpha value is -1.89. The quantitative estimate of drug-likeness (QED) is 0.603. The smallest absolute Gasteiger partial charge is 0.287 e. The minimum absolute atomic E-state index is 0.0498. The first-order valence-electron chi connectivity index (χ1n) is 6.15. The van der Waals surface area contributed by atoms with Crippen LogP contribution in [0, 0.1) is 10.1 Å². The first kappa shape index (κ1) is 15.2. The van der Waals surface area contributed by atoms with E-state index < -0.39 is 11.0 Å². The average Bonchev–Trinajstić information content (AvgIpc) is 2.73. The van der Waals surface area contributed by atoms with Gasteiger partial charge in [-0.15, -0.1) is 0 Å². The van der Waals surface area contributed by atoms with Gasteiger partial charge in [-0.1, -0.05) is 0 Å². The van der Waals surface area contributed by atoms with Crippen LogP contribution in [0.1, 0.15) is 43.7 Å². The van der Waals surface area contributed by atoms with Crippen molar-refractivity contribution >= 4 is 11.6 Å². The Bertz CT molecular complexity index is 466. The molecule has 1 rings (SSSR count). The van der Waals surface area contributed by atoms with Crippen LogP contribution in [0.25, 0.3) is 0 Å². The van der Waals surface area contributed by atoms with Crippen molar-refractivity contribution in [2.45, 2.75) is 39.3 Å². The number of nitrogens with zero attached hydrogens (tertiary/aromatic N) is 2. The molecule has 2 N–H and O–H groups in total. The zero-order chi connectivity index (χ0) is 14.6. The van der Waals surface area contributed by atoms with E-state index in [9.17, 15) is 14.9 Å². The zero-order valence-electron chi connectivity index (χ0n) is 11.3. The number of nitro groups is 1. The van der Waals surface area contributed by atoms with E-state index in [1.54, 1.807) is 11.5 Å². The number of nitrogens with one attached hydrogen (secondary N) is 1. The third-order valence-corrected chi connectivity index (χ3v) is 2.68. The fourth-order valence-corrected chi connectivity index (χ4v) is 1.66. The van der Waals surface area contributed by atoms with Crippen LogP contribution in [0.3, 0.4) is 0 Å². The molecular formula is C12H19N3O4. The second-order valence-corrected chi connectivity index (χ2v) is 4.74. The molecule has 1 atom stereocenters. The number of carbonyl (C=O) groups excluding carboxylic acids is 1. The monoisotopic (exact) mass is 269 g/mol. The molecular weight excluding hydrogens is 250 g/mol. The summed E-state index contributed by atoms with van der Waals surface area (Å²) in [7, 11) is 0. The lowest BCUT2D eigenvalue weighted by molar-refractivity contribution is -0.384. The molecule has 1 amide bonds. The summed E-state index contributed by atoms with van der Waals surface area (Å²) in [5, 5.41) is 22.5. The first-order valence-corrected chi connectivity index (χ1v) is 6.15. The number of amides is 1. The normalized spacial score (nSPS) is 12.5. The topological polar surface area (TPSA) is 97.4 Å². The summed E-state index contributed by atoms with van der Waals surface area (Å²) in [6.45, 7) is 5.65. The number of aliphatic hydroxyl groups excluding tert-OH is 1. The molecule has 0 aliphatic rings. The summed E-state index contributed by atoms with van der Waals surface area (Å²) in [6.07, 6.45) is 1.30. The number of aliphatic hydroxyl groups is 1. The van der Waals surface area contributed by atoms with Gasteiger partial charge in [-0.05, 0) is 27.2 Å². The van der Waals surface area contributed by atoms with Crippen molar-refractivity contribution in [3.63, 3.8) is 0 Å². The molecule has 7 heteroatoms. The minimum Gasteiger partial charge on any atom is -0.393 e. The third kappa shape index (κ3) is 4.06. The molecule has 0 aliphatic heterocycles. The number of hydrogen-bond donors (Lipinski definition) is 2. The number of carbonyl (C=O) groups is 1. The second kappa shape index (κ2) is 6.33. The molecule has 0 radical (unpaired) electrons. The molecule has 1 aromatic rings. The molecule has 19 heavy (non-hydrogen) atoms. The van der Waals surface area contributed by atoms with E-state index in [1.165, 1.54) is 12.3 Å². The van der Waals surface area contributed by atoms with E-state index in [1.807, 2.05) is 13.8 Å². The number of rotatable bonds is 6. The Balaban J connectivity index is 2.85. The fourth-order valence-electron chi connectivity index (χ4n) is 1.66. The largest absolute Gasteiger partial charge is 0.393 e. The lowest BCUT2D eigenvalue weighted by atomic mass is 10.3. The first-order chi connectivity index (χ1) is 8.82. The highest BCUT2D eigenvalue weighted by Gasteiger charge is 2.20. The van der Waals surface area contributed by atoms with Gasteiger partial charge in [-0.3, -0.25) is 14.9 Å². The SMILES string of the molecule is CC(O)CCNC(=O)c1cc([N+](=O)[O-])cn1C(C)C. The van der Waals surface area contributed by atoms with E-state index in [-0.39, 0.29) is 23.3 Å². The Morgan fingerprint density at radius 3 is 2.63 bits per heavy atom. The van der Waals surface area contributed by atoms with E-state index >= 15 is 0 Å². The van der Waals surface area contributed by atoms with Crippen molar-refractivity contribution < 1.29 is 14.8 Å². The van der Waals surface area contributed by atoms with Gasteiger partial charge in [0.05, 0.1) is 17.2 Å². The fraction of sp³-hybridized carbons (Fsp3) is 0.583. The standard InChI is InChI=1S/C12H19N3O4/c1-8(2)14-7-10(15(18)19)6-11(14)12(17)13-5-4-9(3)16/h6-9,16H,4-5H2,1-3H3,(H,13,17). The molecule has 0 spiro atoms. The Kier molecular flexibility index (Phi) is 5.05. The minimum atomic E-state index is -0.522. The zero-order valence-corrected chi connectivity index (χ0v) is 11.3. The summed E-state index contributed by atoms with van der Waals surface area (Å²) < 4.78 is 1.57. The van der Waals surface area contributed by atoms with Crippen molar-refractivity contribution in [2.75, 3.05) is 6.54 Å². The Morgan fingerprint density at radius 2 is 2.16 bits per heavy atom. The lowest BCUT2D eigenvalue weighted by Gasteiger charge is -2.12. The van der Waals surface area contributed by atoms with Crippen LogP contribution in [0.15, 0.2) is 12.3 Å².